The highest BCUT2D eigenvalue weighted by Crippen LogP contribution is 2.44. The number of hydrogen-bond acceptors (Lipinski definition) is 18. The van der Waals surface area contributed by atoms with E-state index in [1.54, 1.807) is 24.3 Å². The van der Waals surface area contributed by atoms with E-state index in [1.165, 1.54) is 24.3 Å². The Morgan fingerprint density at radius 3 is 1.36 bits per heavy atom. The minimum atomic E-state index is -4.07. The Balaban J connectivity index is 0.531. The van der Waals surface area contributed by atoms with Crippen molar-refractivity contribution in [2.45, 2.75) is 84.7 Å². The van der Waals surface area contributed by atoms with Crippen LogP contribution < -0.4 is 50.8 Å². The number of nitrogens with zero attached hydrogens (tertiary/aromatic N) is 6. The molecule has 2 aliphatic carbocycles. The molecule has 0 bridgehead atoms. The van der Waals surface area contributed by atoms with Crippen molar-refractivity contribution in [3.05, 3.63) is 116 Å². The van der Waals surface area contributed by atoms with Crippen molar-refractivity contribution in [3.63, 3.8) is 0 Å². The molecule has 6 atom stereocenters. The molecule has 4 aromatic rings. The molecule has 8 N–H and O–H groups in total. The first-order valence-corrected chi connectivity index (χ1v) is 35.1. The van der Waals surface area contributed by atoms with E-state index >= 15 is 8.78 Å². The molecular formula is C62H80Cl2F2N14O10S2. The van der Waals surface area contributed by atoms with Gasteiger partial charge in [-0.1, -0.05) is 23.2 Å². The second-order valence-electron chi connectivity index (χ2n) is 23.8. The van der Waals surface area contributed by atoms with Gasteiger partial charge in [-0.25, -0.2) is 44.6 Å². The van der Waals surface area contributed by atoms with Crippen molar-refractivity contribution < 1.29 is 54.2 Å². The number of ether oxygens (including phenoxy) is 4. The summed E-state index contributed by atoms with van der Waals surface area (Å²) in [7, 11) is -8.14. The molecule has 498 valence electrons. The predicted octanol–water partition coefficient (Wildman–Crippen LogP) is 3.73. The Labute approximate surface area is 546 Å². The van der Waals surface area contributed by atoms with Gasteiger partial charge >= 0.3 is 12.1 Å². The lowest BCUT2D eigenvalue weighted by Crippen LogP contribution is -2.50. The van der Waals surface area contributed by atoms with Crippen LogP contribution in [0.2, 0.25) is 10.0 Å². The van der Waals surface area contributed by atoms with Crippen molar-refractivity contribution >= 4 is 55.3 Å². The topological polar surface area (TPSA) is 296 Å². The third kappa shape index (κ3) is 18.0. The maximum absolute atomic E-state index is 15.8. The minimum Gasteiger partial charge on any atom is -0.481 e. The first-order chi connectivity index (χ1) is 44.4. The number of fused-ring (bicyclic) bond motifs is 2. The summed E-state index contributed by atoms with van der Waals surface area (Å²) >= 11 is 12.8. The summed E-state index contributed by atoms with van der Waals surface area (Å²) in [5, 5.41) is 38.2. The monoisotopic (exact) mass is 1350 g/mol. The zero-order valence-electron chi connectivity index (χ0n) is 51.1. The number of urea groups is 2. The first-order valence-electron chi connectivity index (χ1n) is 31.4. The molecule has 4 aromatic carbocycles. The smallest absolute Gasteiger partial charge is 0.314 e. The van der Waals surface area contributed by atoms with E-state index in [9.17, 15) is 36.9 Å². The maximum atomic E-state index is 15.8. The van der Waals surface area contributed by atoms with Gasteiger partial charge in [-0.2, -0.15) is 10.5 Å². The van der Waals surface area contributed by atoms with Crippen LogP contribution in [0.4, 0.5) is 18.4 Å². The van der Waals surface area contributed by atoms with E-state index in [0.717, 1.165) is 86.7 Å². The van der Waals surface area contributed by atoms with Gasteiger partial charge in [0.1, 0.15) is 12.2 Å². The number of amides is 4. The van der Waals surface area contributed by atoms with Crippen LogP contribution >= 0.6 is 23.2 Å². The quantitative estimate of drug-likeness (QED) is 0.0359. The molecule has 6 aliphatic rings. The minimum absolute atomic E-state index is 0.0966. The van der Waals surface area contributed by atoms with Crippen molar-refractivity contribution in [2.75, 3.05) is 144 Å². The molecule has 0 aromatic heterocycles. The third-order valence-electron chi connectivity index (χ3n) is 17.6. The third-order valence-corrected chi connectivity index (χ3v) is 21.1. The average molecular weight is 1350 g/mol. The van der Waals surface area contributed by atoms with E-state index in [2.05, 4.69) is 73.1 Å². The fraction of sp³-hybridized carbons (Fsp3) is 0.548. The van der Waals surface area contributed by atoms with Crippen molar-refractivity contribution in [2.24, 2.45) is 0 Å². The van der Waals surface area contributed by atoms with Crippen LogP contribution in [-0.4, -0.2) is 217 Å². The molecule has 4 heterocycles. The summed E-state index contributed by atoms with van der Waals surface area (Å²) in [6.45, 7) is 12.0. The van der Waals surface area contributed by atoms with Gasteiger partial charge in [0.05, 0.1) is 71.6 Å². The molecule has 92 heavy (non-hydrogen) atoms. The molecule has 10 rings (SSSR count). The number of nitrogens with one attached hydrogen (secondary N) is 8. The fourth-order valence-corrected chi connectivity index (χ4v) is 15.9. The van der Waals surface area contributed by atoms with Crippen LogP contribution in [0.25, 0.3) is 0 Å². The van der Waals surface area contributed by atoms with Gasteiger partial charge in [-0.3, -0.25) is 19.6 Å². The number of rotatable bonds is 29. The normalized spacial score (nSPS) is 22.1. The fourth-order valence-electron chi connectivity index (χ4n) is 12.9. The number of piperazine rings is 2. The van der Waals surface area contributed by atoms with Crippen LogP contribution in [0.5, 0.6) is 11.5 Å². The van der Waals surface area contributed by atoms with Gasteiger partial charge in [0.25, 0.3) is 0 Å². The van der Waals surface area contributed by atoms with Crippen LogP contribution in [0.15, 0.2) is 70.5 Å². The van der Waals surface area contributed by atoms with Crippen molar-refractivity contribution in [1.29, 1.82) is 10.5 Å². The lowest BCUT2D eigenvalue weighted by molar-refractivity contribution is 0.0667. The van der Waals surface area contributed by atoms with Gasteiger partial charge in [0.15, 0.2) is 23.1 Å². The highest BCUT2D eigenvalue weighted by Gasteiger charge is 2.43. The Kier molecular flexibility index (Phi) is 24.2. The summed E-state index contributed by atoms with van der Waals surface area (Å²) in [4.78, 5) is 32.9. The second kappa shape index (κ2) is 32.4. The molecular weight excluding hydrogens is 1270 g/mol. The van der Waals surface area contributed by atoms with Crippen molar-refractivity contribution in [3.8, 4) is 23.6 Å². The van der Waals surface area contributed by atoms with Crippen LogP contribution in [-0.2, 0) is 42.4 Å². The summed E-state index contributed by atoms with van der Waals surface area (Å²) in [6, 6.07) is 16.7. The van der Waals surface area contributed by atoms with Gasteiger partial charge in [-0.05, 0) is 135 Å². The number of nitriles is 2. The molecule has 0 unspecified atom stereocenters. The highest BCUT2D eigenvalue weighted by molar-refractivity contribution is 7.89. The SMILES string of the molecule is N#Cc1cc(Cl)cc2c1C[C@H](N1CCNCC1)[C@H]2Oc1ccc(S(=O)(=O)N[C@@H]2CCN(CCOCCNC(=O)NCCCCNC(=O)NCCOCCN3CC[C@@H](NS(=O)(=O)c4ccc(O[C@H]5c6cc(Cl)cc(C#N)c6C[C@@H]5N5CCNCC5)c(F)c4)C3)C2)cc1F. The van der Waals surface area contributed by atoms with Crippen LogP contribution in [0.3, 0.4) is 0 Å². The Hall–Kier alpha value is -6.06. The van der Waals surface area contributed by atoms with Crippen LogP contribution in [0.1, 0.15) is 71.3 Å². The Bertz CT molecular complexity index is 3330. The number of benzene rings is 4. The molecule has 0 radical (unpaired) electrons. The first kappa shape index (κ1) is 68.8. The van der Waals surface area contributed by atoms with E-state index < -0.39 is 56.0 Å². The second-order valence-corrected chi connectivity index (χ2v) is 28.1. The predicted molar refractivity (Wildman–Crippen MR) is 340 cm³/mol. The average Bonchev–Trinajstić information content (AvgIpc) is 1.61. The van der Waals surface area contributed by atoms with E-state index in [-0.39, 0.29) is 71.7 Å². The number of carbonyl (C=O) groups excluding carboxylic acids is 2. The molecule has 30 heteroatoms. The zero-order chi connectivity index (χ0) is 64.8. The van der Waals surface area contributed by atoms with Gasteiger partial charge in [0.2, 0.25) is 20.0 Å². The molecule has 4 amide bonds. The van der Waals surface area contributed by atoms with E-state index in [0.29, 0.717) is 125 Å². The zero-order valence-corrected chi connectivity index (χ0v) is 54.3. The molecule has 4 aliphatic heterocycles. The molecule has 4 saturated heterocycles. The highest BCUT2D eigenvalue weighted by atomic mass is 35.5. The van der Waals surface area contributed by atoms with Gasteiger partial charge < -0.3 is 50.8 Å². The maximum Gasteiger partial charge on any atom is 0.314 e. The van der Waals surface area contributed by atoms with E-state index in [4.69, 9.17) is 42.1 Å². The van der Waals surface area contributed by atoms with Gasteiger partial charge in [0, 0.05) is 127 Å². The molecule has 0 saturated carbocycles. The van der Waals surface area contributed by atoms with Crippen molar-refractivity contribution in [1.82, 2.24) is 60.9 Å². The number of likely N-dealkylation sites (tertiary alicyclic amines) is 2. The van der Waals surface area contributed by atoms with Crippen LogP contribution in [0, 0.1) is 34.3 Å². The molecule has 24 nitrogen and oxygen atoms in total. The molecule has 4 fully saturated rings. The number of sulfonamides is 2. The van der Waals surface area contributed by atoms with E-state index in [1.807, 2.05) is 0 Å². The number of unbranched alkanes of at least 4 members (excludes halogenated alkanes) is 1. The standard InChI is InChI=1S/C62H80Cl2F2N14O10S2/c63-43-29-41(37-67)49-35-55(79-19-11-69-12-20-79)59(51(49)31-43)89-57-5-3-47(33-53(57)65)91(83,84)75-45-7-17-77(39-45)23-27-87-25-15-73-61(81)71-9-1-2-10-72-62(82)74-16-26-88-28-24-78-18-8-46(40-78)76-92(85,86)48-4-6-58(54(66)34-48)90-60-52-32-44(64)30-42(38-68)50(52)36-56(60)80-21-13-70-14-22-80/h3-6,29-34,45-46,55-56,59-60,69-70,75-76H,1-2,7-28,35-36,39-40H2,(H2,71,73,81)(H2,72,74,82)/t45-,46-,55+,56+,59+,60+/m1/s1. The Morgan fingerprint density at radius 2 is 0.967 bits per heavy atom. The molecule has 0 spiro atoms. The lowest BCUT2D eigenvalue weighted by Gasteiger charge is -2.36. The summed E-state index contributed by atoms with van der Waals surface area (Å²) in [5.41, 5.74) is 3.99. The lowest BCUT2D eigenvalue weighted by atomic mass is 10.0. The summed E-state index contributed by atoms with van der Waals surface area (Å²) in [5.74, 6) is -1.83. The number of carbonyl (C=O) groups is 2. The number of hydrogen-bond donors (Lipinski definition) is 8. The van der Waals surface area contributed by atoms with Gasteiger partial charge in [-0.15, -0.1) is 0 Å². The summed E-state index contributed by atoms with van der Waals surface area (Å²) in [6.07, 6.45) is 2.20. The Morgan fingerprint density at radius 1 is 0.565 bits per heavy atom. The largest absolute Gasteiger partial charge is 0.481 e. The summed E-state index contributed by atoms with van der Waals surface area (Å²) < 4.78 is 115. The number of halogens is 4.